The van der Waals surface area contributed by atoms with Crippen molar-refractivity contribution in [3.05, 3.63) is 170 Å². The van der Waals surface area contributed by atoms with Crippen molar-refractivity contribution in [2.45, 2.75) is 38.9 Å². The topological polar surface area (TPSA) is 67.0 Å². The third-order valence-corrected chi connectivity index (χ3v) is 12.2. The molecule has 8 heteroatoms. The van der Waals surface area contributed by atoms with Crippen LogP contribution < -0.4 is 5.46 Å². The number of rotatable bonds is 6. The Morgan fingerprint density at radius 2 is 0.864 bits per heavy atom. The average Bonchev–Trinajstić information content (AvgIpc) is 3.85. The minimum Gasteiger partial charge on any atom is -0.399 e. The van der Waals surface area contributed by atoms with Crippen molar-refractivity contribution in [1.82, 2.24) is 24.1 Å². The molecule has 1 aliphatic heterocycles. The van der Waals surface area contributed by atoms with E-state index in [4.69, 9.17) is 24.3 Å². The number of hydrogen-bond donors (Lipinski definition) is 0. The molecule has 4 heterocycles. The van der Waals surface area contributed by atoms with Crippen molar-refractivity contribution in [1.29, 1.82) is 0 Å². The summed E-state index contributed by atoms with van der Waals surface area (Å²) in [5.74, 6) is 1.74. The highest BCUT2D eigenvalue weighted by atomic mass is 16.7. The van der Waals surface area contributed by atoms with E-state index >= 15 is 0 Å². The molecule has 0 atom stereocenters. The first-order chi connectivity index (χ1) is 28.7. The van der Waals surface area contributed by atoms with Crippen LogP contribution in [0.3, 0.4) is 0 Å². The SMILES string of the molecule is CC1(C)OB(c2cc(-n3c4ccccc4c4cc5c6ccccc6n(-c6ccccc6)c5cc43)ccc2-c2nc(-c3ccccc3)nc(-c3ccccc3)n2)OC1(C)C. The highest BCUT2D eigenvalue weighted by Crippen LogP contribution is 2.41. The summed E-state index contributed by atoms with van der Waals surface area (Å²) in [6.07, 6.45) is 0. The first-order valence-electron chi connectivity index (χ1n) is 20.1. The standard InChI is InChI=1S/C51H40BN5O2/c1-50(2)51(3,4)59-52(58-50)42-30-36(28-29-39(42)49-54-47(33-18-8-5-9-19-33)53-48(55-49)34-20-10-6-11-21-34)57-44-27-17-15-25-38(44)41-31-40-37-24-14-16-26-43(37)56(45(40)32-46(41)57)35-22-12-7-13-23-35/h5-32H,1-4H3. The zero-order chi connectivity index (χ0) is 39.9. The van der Waals surface area contributed by atoms with Gasteiger partial charge in [-0.15, -0.1) is 0 Å². The van der Waals surface area contributed by atoms with Crippen LogP contribution in [-0.2, 0) is 9.31 Å². The summed E-state index contributed by atoms with van der Waals surface area (Å²) < 4.78 is 18.4. The fourth-order valence-electron chi connectivity index (χ4n) is 8.55. The molecular formula is C51H40BN5O2. The second-order valence-electron chi connectivity index (χ2n) is 16.3. The number of benzene rings is 7. The smallest absolute Gasteiger partial charge is 0.399 e. The van der Waals surface area contributed by atoms with Crippen molar-refractivity contribution in [3.63, 3.8) is 0 Å². The summed E-state index contributed by atoms with van der Waals surface area (Å²) in [7, 11) is -0.688. The Bertz CT molecular complexity index is 3160. The Labute approximate surface area is 342 Å². The molecule has 0 bridgehead atoms. The third kappa shape index (κ3) is 5.70. The summed E-state index contributed by atoms with van der Waals surface area (Å²) in [5, 5.41) is 4.80. The largest absolute Gasteiger partial charge is 0.495 e. The summed E-state index contributed by atoms with van der Waals surface area (Å²) in [6.45, 7) is 8.35. The summed E-state index contributed by atoms with van der Waals surface area (Å²) in [4.78, 5) is 15.3. The van der Waals surface area contributed by atoms with E-state index in [-0.39, 0.29) is 0 Å². The quantitative estimate of drug-likeness (QED) is 0.158. The highest BCUT2D eigenvalue weighted by molar-refractivity contribution is 6.64. The molecule has 284 valence electrons. The minimum atomic E-state index is -0.688. The van der Waals surface area contributed by atoms with E-state index in [2.05, 4.69) is 146 Å². The normalized spacial score (nSPS) is 14.9. The van der Waals surface area contributed by atoms with Crippen LogP contribution in [0.25, 0.3) is 89.2 Å². The van der Waals surface area contributed by atoms with Gasteiger partial charge in [-0.2, -0.15) is 0 Å². The molecule has 1 fully saturated rings. The lowest BCUT2D eigenvalue weighted by Gasteiger charge is -2.32. The van der Waals surface area contributed by atoms with Gasteiger partial charge in [0.1, 0.15) is 0 Å². The van der Waals surface area contributed by atoms with Gasteiger partial charge in [0.2, 0.25) is 0 Å². The predicted octanol–water partition coefficient (Wildman–Crippen LogP) is 11.4. The molecule has 7 nitrogen and oxygen atoms in total. The summed E-state index contributed by atoms with van der Waals surface area (Å²) >= 11 is 0. The molecule has 0 saturated carbocycles. The molecule has 11 rings (SSSR count). The second kappa shape index (κ2) is 13.3. The van der Waals surface area contributed by atoms with Crippen molar-refractivity contribution < 1.29 is 9.31 Å². The van der Waals surface area contributed by atoms with Crippen LogP contribution in [0.2, 0.25) is 0 Å². The molecular weight excluding hydrogens is 725 g/mol. The first kappa shape index (κ1) is 35.3. The monoisotopic (exact) mass is 765 g/mol. The van der Waals surface area contributed by atoms with Gasteiger partial charge in [0.15, 0.2) is 17.5 Å². The molecule has 7 aromatic carbocycles. The predicted molar refractivity (Wildman–Crippen MR) is 241 cm³/mol. The van der Waals surface area contributed by atoms with Crippen LogP contribution in [0.15, 0.2) is 170 Å². The number of aromatic nitrogens is 5. The van der Waals surface area contributed by atoms with E-state index in [1.165, 1.54) is 27.1 Å². The van der Waals surface area contributed by atoms with Gasteiger partial charge >= 0.3 is 7.12 Å². The van der Waals surface area contributed by atoms with Crippen LogP contribution in [0, 0.1) is 0 Å². The lowest BCUT2D eigenvalue weighted by atomic mass is 9.75. The van der Waals surface area contributed by atoms with Gasteiger partial charge in [-0.3, -0.25) is 0 Å². The number of nitrogens with zero attached hydrogens (tertiary/aromatic N) is 5. The maximum absolute atomic E-state index is 6.84. The van der Waals surface area contributed by atoms with Crippen LogP contribution in [0.5, 0.6) is 0 Å². The molecule has 0 amide bonds. The average molecular weight is 766 g/mol. The molecule has 1 aliphatic rings. The minimum absolute atomic E-state index is 0.547. The van der Waals surface area contributed by atoms with E-state index < -0.39 is 18.3 Å². The fraction of sp³-hybridized carbons (Fsp3) is 0.118. The van der Waals surface area contributed by atoms with E-state index in [0.29, 0.717) is 17.5 Å². The molecule has 0 aliphatic carbocycles. The highest BCUT2D eigenvalue weighted by Gasteiger charge is 2.52. The molecule has 0 spiro atoms. The number of hydrogen-bond acceptors (Lipinski definition) is 5. The van der Waals surface area contributed by atoms with E-state index in [1.807, 2.05) is 60.7 Å². The van der Waals surface area contributed by atoms with E-state index in [9.17, 15) is 0 Å². The van der Waals surface area contributed by atoms with Crippen molar-refractivity contribution in [3.8, 4) is 45.5 Å². The maximum Gasteiger partial charge on any atom is 0.495 e. The molecule has 0 radical (unpaired) electrons. The zero-order valence-electron chi connectivity index (χ0n) is 33.3. The lowest BCUT2D eigenvalue weighted by Crippen LogP contribution is -2.41. The van der Waals surface area contributed by atoms with E-state index in [1.54, 1.807) is 0 Å². The third-order valence-electron chi connectivity index (χ3n) is 12.2. The lowest BCUT2D eigenvalue weighted by molar-refractivity contribution is 0.00578. The maximum atomic E-state index is 6.84. The fourth-order valence-corrected chi connectivity index (χ4v) is 8.55. The first-order valence-corrected chi connectivity index (χ1v) is 20.1. The summed E-state index contributed by atoms with van der Waals surface area (Å²) in [6, 6.07) is 59.3. The van der Waals surface area contributed by atoms with Crippen LogP contribution >= 0.6 is 0 Å². The Balaban J connectivity index is 1.18. The Morgan fingerprint density at radius 3 is 1.41 bits per heavy atom. The summed E-state index contributed by atoms with van der Waals surface area (Å²) in [5.41, 5.74) is 8.96. The Hall–Kier alpha value is -6.87. The van der Waals surface area contributed by atoms with Gasteiger partial charge in [0.05, 0.1) is 33.3 Å². The molecule has 0 N–H and O–H groups in total. The zero-order valence-corrected chi connectivity index (χ0v) is 33.3. The Morgan fingerprint density at radius 1 is 0.407 bits per heavy atom. The van der Waals surface area contributed by atoms with Gasteiger partial charge in [0, 0.05) is 49.6 Å². The second-order valence-corrected chi connectivity index (χ2v) is 16.3. The van der Waals surface area contributed by atoms with Gasteiger partial charge in [0.25, 0.3) is 0 Å². The van der Waals surface area contributed by atoms with Crippen LogP contribution in [0.1, 0.15) is 27.7 Å². The molecule has 10 aromatic rings. The van der Waals surface area contributed by atoms with Gasteiger partial charge < -0.3 is 18.4 Å². The number of fused-ring (bicyclic) bond motifs is 6. The van der Waals surface area contributed by atoms with Gasteiger partial charge in [-0.05, 0) is 87.8 Å². The molecule has 1 saturated heterocycles. The van der Waals surface area contributed by atoms with Crippen molar-refractivity contribution in [2.75, 3.05) is 0 Å². The van der Waals surface area contributed by atoms with Gasteiger partial charge in [-0.25, -0.2) is 15.0 Å². The van der Waals surface area contributed by atoms with Crippen molar-refractivity contribution in [2.24, 2.45) is 0 Å². The van der Waals surface area contributed by atoms with Crippen LogP contribution in [0.4, 0.5) is 0 Å². The molecule has 3 aromatic heterocycles. The number of para-hydroxylation sites is 3. The van der Waals surface area contributed by atoms with E-state index in [0.717, 1.165) is 50.1 Å². The van der Waals surface area contributed by atoms with Crippen molar-refractivity contribution >= 4 is 56.2 Å². The van der Waals surface area contributed by atoms with Crippen LogP contribution in [-0.4, -0.2) is 42.4 Å². The molecule has 59 heavy (non-hydrogen) atoms. The molecule has 0 unspecified atom stereocenters. The Kier molecular flexibility index (Phi) is 7.99. The van der Waals surface area contributed by atoms with Gasteiger partial charge in [-0.1, -0.05) is 115 Å².